The molecule has 2 N–H and O–H groups in total. The molecule has 1 aliphatic carbocycles. The van der Waals surface area contributed by atoms with Crippen molar-refractivity contribution in [2.24, 2.45) is 0 Å². The molecule has 8 heteroatoms. The number of sulfonamides is 1. The first-order valence-corrected chi connectivity index (χ1v) is 9.03. The van der Waals surface area contributed by atoms with Crippen LogP contribution in [0.25, 0.3) is 0 Å². The molecule has 1 saturated heterocycles. The van der Waals surface area contributed by atoms with Crippen LogP contribution in [0.5, 0.6) is 0 Å². The highest BCUT2D eigenvalue weighted by Crippen LogP contribution is 2.29. The third kappa shape index (κ3) is 2.93. The Morgan fingerprint density at radius 2 is 1.95 bits per heavy atom. The van der Waals surface area contributed by atoms with Crippen LogP contribution in [-0.2, 0) is 16.6 Å². The van der Waals surface area contributed by atoms with Crippen LogP contribution in [0.2, 0.25) is 0 Å². The van der Waals surface area contributed by atoms with Crippen molar-refractivity contribution >= 4 is 15.8 Å². The zero-order valence-corrected chi connectivity index (χ0v) is 13.2. The Bertz CT molecular complexity index is 600. The number of nitrogens with two attached hydrogens (primary N) is 1. The lowest BCUT2D eigenvalue weighted by Gasteiger charge is -2.33. The van der Waals surface area contributed by atoms with Crippen molar-refractivity contribution < 1.29 is 8.42 Å². The van der Waals surface area contributed by atoms with Crippen LogP contribution in [0.1, 0.15) is 26.2 Å². The van der Waals surface area contributed by atoms with Crippen LogP contribution in [-0.4, -0.2) is 59.6 Å². The Morgan fingerprint density at radius 3 is 2.52 bits per heavy atom. The van der Waals surface area contributed by atoms with E-state index in [2.05, 4.69) is 10.00 Å². The van der Waals surface area contributed by atoms with E-state index >= 15 is 0 Å². The Labute approximate surface area is 125 Å². The number of hydrogen-bond acceptors (Lipinski definition) is 5. The predicted octanol–water partition coefficient (Wildman–Crippen LogP) is 0.344. The maximum atomic E-state index is 12.7. The van der Waals surface area contributed by atoms with Crippen LogP contribution in [0.3, 0.4) is 0 Å². The molecule has 3 rings (SSSR count). The largest absolute Gasteiger partial charge is 0.381 e. The van der Waals surface area contributed by atoms with Gasteiger partial charge in [-0.3, -0.25) is 9.58 Å². The number of aryl methyl sites for hydroxylation is 1. The van der Waals surface area contributed by atoms with Gasteiger partial charge in [-0.1, -0.05) is 6.92 Å². The maximum absolute atomic E-state index is 12.7. The summed E-state index contributed by atoms with van der Waals surface area (Å²) in [4.78, 5) is 2.53. The summed E-state index contributed by atoms with van der Waals surface area (Å²) in [6, 6.07) is 0.687. The van der Waals surface area contributed by atoms with E-state index in [1.54, 1.807) is 10.9 Å². The fourth-order valence-electron chi connectivity index (χ4n) is 2.85. The van der Waals surface area contributed by atoms with Crippen molar-refractivity contribution in [3.05, 3.63) is 6.20 Å². The normalized spacial score (nSPS) is 21.8. The molecule has 0 amide bonds. The number of aromatic nitrogens is 2. The van der Waals surface area contributed by atoms with Crippen molar-refractivity contribution in [2.45, 2.75) is 43.7 Å². The maximum Gasteiger partial charge on any atom is 0.248 e. The third-order valence-electron chi connectivity index (χ3n) is 4.16. The van der Waals surface area contributed by atoms with Crippen LogP contribution in [0.15, 0.2) is 11.1 Å². The molecule has 0 spiro atoms. The predicted molar refractivity (Wildman–Crippen MR) is 80.3 cm³/mol. The molecule has 0 radical (unpaired) electrons. The molecule has 2 heterocycles. The summed E-state index contributed by atoms with van der Waals surface area (Å²) in [5.74, 6) is 0.105. The van der Waals surface area contributed by atoms with E-state index in [1.807, 2.05) is 6.92 Å². The molecule has 0 unspecified atom stereocenters. The Balaban J connectivity index is 1.74. The van der Waals surface area contributed by atoms with Gasteiger partial charge in [0.15, 0.2) is 5.82 Å². The van der Waals surface area contributed by atoms with Crippen molar-refractivity contribution in [3.63, 3.8) is 0 Å². The molecule has 7 nitrogen and oxygen atoms in total. The van der Waals surface area contributed by atoms with E-state index in [0.29, 0.717) is 25.7 Å². The molecule has 0 bridgehead atoms. The van der Waals surface area contributed by atoms with Crippen LogP contribution < -0.4 is 5.73 Å². The summed E-state index contributed by atoms with van der Waals surface area (Å²) in [5.41, 5.74) is 5.80. The topological polar surface area (TPSA) is 84.5 Å². The van der Waals surface area contributed by atoms with Gasteiger partial charge in [-0.25, -0.2) is 8.42 Å². The Hall–Kier alpha value is -1.12. The highest BCUT2D eigenvalue weighted by Gasteiger charge is 2.36. The summed E-state index contributed by atoms with van der Waals surface area (Å²) in [6.07, 6.45) is 4.95. The molecule has 0 aromatic carbocycles. The van der Waals surface area contributed by atoms with E-state index in [1.165, 1.54) is 17.1 Å². The second-order valence-corrected chi connectivity index (χ2v) is 7.72. The van der Waals surface area contributed by atoms with Gasteiger partial charge in [0, 0.05) is 45.0 Å². The molecular weight excluding hydrogens is 290 g/mol. The molecule has 0 atom stereocenters. The second-order valence-electron chi connectivity index (χ2n) is 5.81. The van der Waals surface area contributed by atoms with Crippen molar-refractivity contribution in [1.29, 1.82) is 0 Å². The van der Waals surface area contributed by atoms with Gasteiger partial charge in [-0.2, -0.15) is 9.40 Å². The highest BCUT2D eigenvalue weighted by molar-refractivity contribution is 7.89. The molecule has 2 fully saturated rings. The molecule has 1 aliphatic heterocycles. The van der Waals surface area contributed by atoms with Crippen LogP contribution in [0, 0.1) is 0 Å². The van der Waals surface area contributed by atoms with E-state index < -0.39 is 10.0 Å². The van der Waals surface area contributed by atoms with Crippen molar-refractivity contribution in [2.75, 3.05) is 31.9 Å². The smallest absolute Gasteiger partial charge is 0.248 e. The van der Waals surface area contributed by atoms with Gasteiger partial charge < -0.3 is 5.73 Å². The average Bonchev–Trinajstić information content (AvgIpc) is 3.23. The third-order valence-corrected chi connectivity index (χ3v) is 6.08. The van der Waals surface area contributed by atoms with E-state index in [9.17, 15) is 8.42 Å². The summed E-state index contributed by atoms with van der Waals surface area (Å²) in [6.45, 7) is 5.40. The fraction of sp³-hybridized carbons (Fsp3) is 0.769. The fourth-order valence-corrected chi connectivity index (χ4v) is 4.33. The second kappa shape index (κ2) is 5.58. The first-order chi connectivity index (χ1) is 10.0. The van der Waals surface area contributed by atoms with Gasteiger partial charge >= 0.3 is 0 Å². The number of anilines is 1. The lowest BCUT2D eigenvalue weighted by molar-refractivity contribution is 0.180. The van der Waals surface area contributed by atoms with Gasteiger partial charge in [-0.05, 0) is 19.3 Å². The van der Waals surface area contributed by atoms with E-state index in [-0.39, 0.29) is 10.7 Å². The zero-order valence-electron chi connectivity index (χ0n) is 12.4. The van der Waals surface area contributed by atoms with E-state index in [0.717, 1.165) is 19.5 Å². The monoisotopic (exact) mass is 313 g/mol. The Morgan fingerprint density at radius 1 is 1.29 bits per heavy atom. The minimum Gasteiger partial charge on any atom is -0.381 e. The summed E-state index contributed by atoms with van der Waals surface area (Å²) >= 11 is 0. The number of nitrogens with zero attached hydrogens (tertiary/aromatic N) is 4. The van der Waals surface area contributed by atoms with Crippen molar-refractivity contribution in [3.8, 4) is 0 Å². The molecule has 1 aromatic heterocycles. The molecular formula is C13H23N5O2S. The number of nitrogen functional groups attached to an aromatic ring is 1. The number of hydrogen-bond donors (Lipinski definition) is 1. The van der Waals surface area contributed by atoms with E-state index in [4.69, 9.17) is 5.73 Å². The SMILES string of the molecule is CCCn1cc(S(=O)(=O)N2CCN(C3CC3)CC2)c(N)n1. The Kier molecular flexibility index (Phi) is 3.94. The lowest BCUT2D eigenvalue weighted by atomic mass is 10.3. The number of piperazine rings is 1. The summed E-state index contributed by atoms with van der Waals surface area (Å²) in [7, 11) is -3.52. The van der Waals surface area contributed by atoms with Crippen molar-refractivity contribution in [1.82, 2.24) is 19.0 Å². The zero-order chi connectivity index (χ0) is 15.0. The molecule has 21 heavy (non-hydrogen) atoms. The van der Waals surface area contributed by atoms with Gasteiger partial charge in [-0.15, -0.1) is 0 Å². The lowest BCUT2D eigenvalue weighted by Crippen LogP contribution is -2.49. The molecule has 118 valence electrons. The minimum absolute atomic E-state index is 0.105. The molecule has 1 saturated carbocycles. The highest BCUT2D eigenvalue weighted by atomic mass is 32.2. The van der Waals surface area contributed by atoms with Gasteiger partial charge in [0.25, 0.3) is 0 Å². The first kappa shape index (κ1) is 14.8. The standard InChI is InChI=1S/C13H23N5O2S/c1-2-5-17-10-12(13(14)15-17)21(19,20)18-8-6-16(7-9-18)11-3-4-11/h10-11H,2-9H2,1H3,(H2,14,15). The van der Waals surface area contributed by atoms with Gasteiger partial charge in [0.05, 0.1) is 0 Å². The quantitative estimate of drug-likeness (QED) is 0.847. The summed E-state index contributed by atoms with van der Waals surface area (Å²) in [5, 5.41) is 4.09. The first-order valence-electron chi connectivity index (χ1n) is 7.59. The number of rotatable bonds is 5. The van der Waals surface area contributed by atoms with Gasteiger partial charge in [0.1, 0.15) is 4.90 Å². The van der Waals surface area contributed by atoms with Crippen LogP contribution in [0.4, 0.5) is 5.82 Å². The summed E-state index contributed by atoms with van der Waals surface area (Å²) < 4.78 is 28.5. The minimum atomic E-state index is -3.52. The molecule has 1 aromatic rings. The average molecular weight is 313 g/mol. The van der Waals surface area contributed by atoms with Crippen LogP contribution >= 0.6 is 0 Å². The molecule has 2 aliphatic rings. The van der Waals surface area contributed by atoms with Gasteiger partial charge in [0.2, 0.25) is 10.0 Å².